The van der Waals surface area contributed by atoms with Crippen molar-refractivity contribution in [3.05, 3.63) is 58.1 Å². The van der Waals surface area contributed by atoms with Crippen LogP contribution in [0.4, 0.5) is 0 Å². The van der Waals surface area contributed by atoms with Crippen LogP contribution in [-0.2, 0) is 13.0 Å². The summed E-state index contributed by atoms with van der Waals surface area (Å²) < 4.78 is 13.3. The monoisotopic (exact) mass is 444 g/mol. The first kappa shape index (κ1) is 22.9. The highest BCUT2D eigenvalue weighted by atomic mass is 16.5. The zero-order valence-electron chi connectivity index (χ0n) is 21.2. The van der Waals surface area contributed by atoms with Crippen LogP contribution in [0, 0.1) is 20.8 Å². The van der Waals surface area contributed by atoms with Gasteiger partial charge in [0.15, 0.2) is 0 Å². The fraction of sp³-hybridized carbons (Fsp3) is 0.600. The van der Waals surface area contributed by atoms with Crippen molar-refractivity contribution in [1.82, 2.24) is 0 Å². The van der Waals surface area contributed by atoms with Crippen molar-refractivity contribution in [2.45, 2.75) is 116 Å². The van der Waals surface area contributed by atoms with Gasteiger partial charge in [-0.2, -0.15) is 0 Å². The molecule has 2 aromatic carbocycles. The predicted molar refractivity (Wildman–Crippen MR) is 139 cm³/mol. The molecule has 0 radical (unpaired) electrons. The van der Waals surface area contributed by atoms with Gasteiger partial charge < -0.3 is 9.47 Å². The van der Waals surface area contributed by atoms with E-state index < -0.39 is 0 Å². The molecule has 0 aliphatic carbocycles. The number of ether oxygens (including phenoxy) is 2. The van der Waals surface area contributed by atoms with Crippen molar-refractivity contribution in [2.75, 3.05) is 0 Å². The summed E-state index contributed by atoms with van der Waals surface area (Å²) in [5.74, 6) is 4.19. The summed E-state index contributed by atoms with van der Waals surface area (Å²) in [6.45, 7) is 10.6. The Morgan fingerprint density at radius 1 is 0.939 bits per heavy atom. The standard InChI is InChI=1S/C30H41BO2/c1-21-22(2)29-27(23(3)28(21)32-20-24-10-6-5-7-11-24)16-17-30(4,33-29)18-19-31-25-12-8-13-26(31)15-9-14-25/h5-7,10-11,25-26H,8-9,12-20H2,1-4H3/t25?,26?,30-/m0/s1. The fourth-order valence-electron chi connectivity index (χ4n) is 7.16. The van der Waals surface area contributed by atoms with Crippen LogP contribution in [0.5, 0.6) is 11.5 Å². The molecular weight excluding hydrogens is 403 g/mol. The molecule has 3 aliphatic heterocycles. The smallest absolute Gasteiger partial charge is 0.146 e. The van der Waals surface area contributed by atoms with Gasteiger partial charge in [-0.25, -0.2) is 0 Å². The average molecular weight is 444 g/mol. The summed E-state index contributed by atoms with van der Waals surface area (Å²) >= 11 is 0. The summed E-state index contributed by atoms with van der Waals surface area (Å²) in [5, 5.41) is 0. The molecule has 2 nitrogen and oxygen atoms in total. The van der Waals surface area contributed by atoms with Crippen LogP contribution in [0.15, 0.2) is 30.3 Å². The Bertz CT molecular complexity index is 963. The minimum atomic E-state index is -0.0329. The number of rotatable bonds is 6. The van der Waals surface area contributed by atoms with Crippen molar-refractivity contribution in [2.24, 2.45) is 0 Å². The third-order valence-electron chi connectivity index (χ3n) is 9.31. The van der Waals surface area contributed by atoms with Crippen molar-refractivity contribution in [1.29, 1.82) is 0 Å². The van der Waals surface area contributed by atoms with E-state index in [1.807, 2.05) is 0 Å². The Labute approximate surface area is 201 Å². The van der Waals surface area contributed by atoms with Gasteiger partial charge in [-0.05, 0) is 69.2 Å². The zero-order valence-corrected chi connectivity index (χ0v) is 21.2. The Morgan fingerprint density at radius 3 is 2.27 bits per heavy atom. The molecule has 2 bridgehead atoms. The van der Waals surface area contributed by atoms with Crippen LogP contribution in [0.25, 0.3) is 0 Å². The van der Waals surface area contributed by atoms with Crippen molar-refractivity contribution >= 4 is 6.71 Å². The minimum absolute atomic E-state index is 0.0329. The molecule has 0 aromatic heterocycles. The van der Waals surface area contributed by atoms with Crippen LogP contribution < -0.4 is 9.47 Å². The van der Waals surface area contributed by atoms with E-state index in [1.165, 1.54) is 79.1 Å². The van der Waals surface area contributed by atoms with Crippen LogP contribution in [-0.4, -0.2) is 12.3 Å². The van der Waals surface area contributed by atoms with E-state index in [4.69, 9.17) is 9.47 Å². The zero-order chi connectivity index (χ0) is 23.0. The summed E-state index contributed by atoms with van der Waals surface area (Å²) in [4.78, 5) is 0. The van der Waals surface area contributed by atoms with E-state index in [0.717, 1.165) is 42.7 Å². The minimum Gasteiger partial charge on any atom is -0.488 e. The SMILES string of the molecule is Cc1c(C)c2c(c(C)c1OCc1ccccc1)CC[C@@](C)(CCB1C3CCCC1CCC3)O2. The number of hydrogen-bond acceptors (Lipinski definition) is 2. The molecule has 0 saturated carbocycles. The molecule has 0 N–H and O–H groups in total. The number of hydrogen-bond donors (Lipinski definition) is 0. The van der Waals surface area contributed by atoms with E-state index in [2.05, 4.69) is 58.0 Å². The number of benzene rings is 2. The van der Waals surface area contributed by atoms with Gasteiger partial charge in [0.25, 0.3) is 0 Å². The topological polar surface area (TPSA) is 18.5 Å². The molecule has 0 spiro atoms. The molecule has 2 fully saturated rings. The van der Waals surface area contributed by atoms with Crippen molar-refractivity contribution < 1.29 is 9.47 Å². The lowest BCUT2D eigenvalue weighted by Gasteiger charge is -2.43. The summed E-state index contributed by atoms with van der Waals surface area (Å²) in [7, 11) is 0. The lowest BCUT2D eigenvalue weighted by Crippen LogP contribution is -2.41. The second-order valence-corrected chi connectivity index (χ2v) is 11.4. The van der Waals surface area contributed by atoms with Crippen molar-refractivity contribution in [3.8, 4) is 11.5 Å². The third-order valence-corrected chi connectivity index (χ3v) is 9.31. The second kappa shape index (κ2) is 9.39. The maximum absolute atomic E-state index is 6.89. The Kier molecular flexibility index (Phi) is 6.51. The molecule has 176 valence electrons. The molecule has 2 aromatic rings. The van der Waals surface area contributed by atoms with Gasteiger partial charge in [0.1, 0.15) is 30.4 Å². The van der Waals surface area contributed by atoms with Gasteiger partial charge in [0.2, 0.25) is 0 Å². The van der Waals surface area contributed by atoms with Crippen LogP contribution >= 0.6 is 0 Å². The lowest BCUT2D eigenvalue weighted by molar-refractivity contribution is 0.0593. The molecule has 3 aliphatic rings. The molecule has 2 saturated heterocycles. The molecule has 0 amide bonds. The van der Waals surface area contributed by atoms with Crippen LogP contribution in [0.2, 0.25) is 18.0 Å². The highest BCUT2D eigenvalue weighted by Gasteiger charge is 2.41. The second-order valence-electron chi connectivity index (χ2n) is 11.4. The van der Waals surface area contributed by atoms with Crippen LogP contribution in [0.3, 0.4) is 0 Å². The maximum Gasteiger partial charge on any atom is 0.146 e. The van der Waals surface area contributed by atoms with E-state index >= 15 is 0 Å². The summed E-state index contributed by atoms with van der Waals surface area (Å²) in [5.41, 5.74) is 6.31. The molecular formula is C30H41BO2. The highest BCUT2D eigenvalue weighted by Crippen LogP contribution is 2.50. The normalized spacial score (nSPS) is 26.5. The van der Waals surface area contributed by atoms with E-state index in [9.17, 15) is 0 Å². The molecule has 3 heteroatoms. The van der Waals surface area contributed by atoms with Gasteiger partial charge in [-0.15, -0.1) is 0 Å². The average Bonchev–Trinajstić information content (AvgIpc) is 2.82. The molecule has 5 rings (SSSR count). The van der Waals surface area contributed by atoms with Gasteiger partial charge in [0.05, 0.1) is 0 Å². The summed E-state index contributed by atoms with van der Waals surface area (Å²) in [6.07, 6.45) is 13.6. The van der Waals surface area contributed by atoms with E-state index in [-0.39, 0.29) is 5.60 Å². The number of fused-ring (bicyclic) bond motifs is 3. The van der Waals surface area contributed by atoms with Gasteiger partial charge in [-0.1, -0.05) is 86.8 Å². The Hall–Kier alpha value is -1.90. The van der Waals surface area contributed by atoms with E-state index in [1.54, 1.807) is 0 Å². The van der Waals surface area contributed by atoms with Gasteiger partial charge in [-0.3, -0.25) is 0 Å². The first-order valence-electron chi connectivity index (χ1n) is 13.4. The molecule has 1 atom stereocenters. The molecule has 3 heterocycles. The Balaban J connectivity index is 1.31. The quantitative estimate of drug-likeness (QED) is 0.418. The molecule has 0 unspecified atom stereocenters. The van der Waals surface area contributed by atoms with Gasteiger partial charge >= 0.3 is 0 Å². The van der Waals surface area contributed by atoms with Crippen molar-refractivity contribution in [3.63, 3.8) is 0 Å². The van der Waals surface area contributed by atoms with Crippen LogP contribution in [0.1, 0.15) is 86.1 Å². The fourth-order valence-corrected chi connectivity index (χ4v) is 7.16. The lowest BCUT2D eigenvalue weighted by atomic mass is 9.25. The first-order chi connectivity index (χ1) is 16.0. The molecule has 33 heavy (non-hydrogen) atoms. The maximum atomic E-state index is 6.89. The van der Waals surface area contributed by atoms with Gasteiger partial charge in [0, 0.05) is 5.56 Å². The first-order valence-corrected chi connectivity index (χ1v) is 13.4. The predicted octanol–water partition coefficient (Wildman–Crippen LogP) is 8.27. The Morgan fingerprint density at radius 2 is 1.61 bits per heavy atom. The summed E-state index contributed by atoms with van der Waals surface area (Å²) in [6, 6.07) is 10.5. The third kappa shape index (κ3) is 4.57. The largest absolute Gasteiger partial charge is 0.488 e. The van der Waals surface area contributed by atoms with E-state index in [0.29, 0.717) is 6.61 Å². The highest BCUT2D eigenvalue weighted by molar-refractivity contribution is 6.62.